The molecule has 8 nitrogen and oxygen atoms in total. The number of amides is 1. The van der Waals surface area contributed by atoms with E-state index < -0.39 is 42.7 Å². The minimum absolute atomic E-state index is 0.108. The van der Waals surface area contributed by atoms with E-state index in [1.807, 2.05) is 0 Å². The van der Waals surface area contributed by atoms with E-state index in [0.29, 0.717) is 6.42 Å². The van der Waals surface area contributed by atoms with Crippen molar-refractivity contribution < 1.29 is 31.5 Å². The van der Waals surface area contributed by atoms with Crippen molar-refractivity contribution in [3.05, 3.63) is 0 Å². The molecule has 0 heterocycles. The average molecular weight is 280 g/mol. The Morgan fingerprint density at radius 2 is 1.84 bits per heavy atom. The van der Waals surface area contributed by atoms with Crippen LogP contribution in [0.4, 0.5) is 0 Å². The number of rotatable bonds is 10. The van der Waals surface area contributed by atoms with Crippen LogP contribution in [0.1, 0.15) is 38.9 Å². The Balaban J connectivity index is 4.69. The van der Waals surface area contributed by atoms with Gasteiger partial charge in [-0.15, -0.1) is 0 Å². The van der Waals surface area contributed by atoms with Crippen LogP contribution in [0.15, 0.2) is 0 Å². The van der Waals surface area contributed by atoms with Crippen LogP contribution in [0, 0.1) is 0 Å². The van der Waals surface area contributed by atoms with E-state index in [-0.39, 0.29) is 19.4 Å². The van der Waals surface area contributed by atoms with Crippen LogP contribution in [0.5, 0.6) is 0 Å². The lowest BCUT2D eigenvalue weighted by Crippen LogP contribution is -2.33. The maximum Gasteiger partial charge on any atom is 0.320 e. The van der Waals surface area contributed by atoms with Crippen molar-refractivity contribution in [3.8, 4) is 0 Å². The average Bonchev–Trinajstić information content (AvgIpc) is 2.45. The van der Waals surface area contributed by atoms with E-state index in [0.717, 1.165) is 0 Å². The van der Waals surface area contributed by atoms with Gasteiger partial charge in [-0.25, -0.2) is 0 Å². The summed E-state index contributed by atoms with van der Waals surface area (Å²) in [6, 6.07) is -4.43. The zero-order chi connectivity index (χ0) is 19.3. The van der Waals surface area contributed by atoms with Gasteiger partial charge >= 0.3 is 11.9 Å². The predicted molar refractivity (Wildman–Crippen MR) is 67.3 cm³/mol. The second-order valence-corrected chi connectivity index (χ2v) is 3.67. The van der Waals surface area contributed by atoms with Gasteiger partial charge in [0.25, 0.3) is 0 Å². The van der Waals surface area contributed by atoms with E-state index in [1.54, 1.807) is 0 Å². The first kappa shape index (κ1) is 10.2. The quantitative estimate of drug-likeness (QED) is 0.317. The van der Waals surface area contributed by atoms with Gasteiger partial charge in [0.05, 0.1) is 1.37 Å². The molecule has 0 aromatic carbocycles. The lowest BCUT2D eigenvalue weighted by molar-refractivity contribution is -0.139. The number of carboxylic acid groups (broad SMARTS) is 2. The van der Waals surface area contributed by atoms with Crippen molar-refractivity contribution in [2.24, 2.45) is 11.5 Å². The van der Waals surface area contributed by atoms with Crippen LogP contribution in [-0.2, 0) is 14.4 Å². The van der Waals surface area contributed by atoms with Crippen molar-refractivity contribution >= 4 is 17.8 Å². The second-order valence-electron chi connectivity index (χ2n) is 3.67. The van der Waals surface area contributed by atoms with E-state index in [2.05, 4.69) is 5.32 Å². The Bertz CT molecular complexity index is 500. The maximum atomic E-state index is 11.8. The Morgan fingerprint density at radius 1 is 1.21 bits per heavy atom. The van der Waals surface area contributed by atoms with E-state index in [9.17, 15) is 14.4 Å². The first-order valence-electron chi connectivity index (χ1n) is 7.98. The summed E-state index contributed by atoms with van der Waals surface area (Å²) < 4.78 is 37.2. The molecule has 0 unspecified atom stereocenters. The van der Waals surface area contributed by atoms with Gasteiger partial charge in [-0.3, -0.25) is 14.4 Å². The van der Waals surface area contributed by atoms with Gasteiger partial charge in [-0.05, 0) is 25.6 Å². The number of carboxylic acids is 2. The normalized spacial score (nSPS) is 20.6. The SMILES string of the molecule is [2H]C([2H])(C(=O)NCCCC[C@H](N)C(=O)O)C([2H])([2H])[C@]([2H])(N)C(=O)O. The van der Waals surface area contributed by atoms with Crippen LogP contribution < -0.4 is 16.8 Å². The number of nitrogens with one attached hydrogen (secondary N) is 1. The molecule has 7 N–H and O–H groups in total. The number of carbonyl (C=O) groups excluding carboxylic acids is 1. The highest BCUT2D eigenvalue weighted by Gasteiger charge is 2.13. The van der Waals surface area contributed by atoms with E-state index >= 15 is 0 Å². The lowest BCUT2D eigenvalue weighted by Gasteiger charge is -2.08. The fourth-order valence-corrected chi connectivity index (χ4v) is 1.04. The van der Waals surface area contributed by atoms with Crippen molar-refractivity contribution in [3.63, 3.8) is 0 Å². The molecule has 0 rings (SSSR count). The van der Waals surface area contributed by atoms with Gasteiger partial charge in [0.2, 0.25) is 5.91 Å². The van der Waals surface area contributed by atoms with Gasteiger partial charge < -0.3 is 27.0 Å². The zero-order valence-corrected chi connectivity index (χ0v) is 10.2. The van der Waals surface area contributed by atoms with Crippen LogP contribution in [0.3, 0.4) is 0 Å². The number of aliphatic carboxylic acids is 2. The molecule has 0 saturated heterocycles. The molecule has 0 radical (unpaired) electrons. The smallest absolute Gasteiger partial charge is 0.320 e. The van der Waals surface area contributed by atoms with Crippen LogP contribution in [0.2, 0.25) is 0 Å². The molecule has 0 aliphatic rings. The minimum atomic E-state index is -3.51. The molecule has 0 aliphatic heterocycles. The summed E-state index contributed by atoms with van der Waals surface area (Å²) in [6.45, 7) is -0.108. The standard InChI is InChI=1S/C11H21N3O5/c12-7(10(16)17)3-1-2-6-14-9(15)5-4-8(13)11(18)19/h7-8H,1-6,12-13H2,(H,14,15)(H,16,17)(H,18,19)/t7-,8-/m0/s1/i4D2,5D2,8D. The van der Waals surface area contributed by atoms with E-state index in [4.69, 9.17) is 28.5 Å². The van der Waals surface area contributed by atoms with Crippen molar-refractivity contribution in [1.29, 1.82) is 0 Å². The van der Waals surface area contributed by atoms with Gasteiger partial charge in [0, 0.05) is 18.4 Å². The number of carbonyl (C=O) groups is 3. The summed E-state index contributed by atoms with van der Waals surface area (Å²) in [7, 11) is 0. The van der Waals surface area contributed by atoms with Gasteiger partial charge in [-0.2, -0.15) is 0 Å². The molecule has 0 spiro atoms. The highest BCUT2D eigenvalue weighted by atomic mass is 16.4. The Morgan fingerprint density at radius 3 is 2.37 bits per heavy atom. The molecule has 0 aromatic heterocycles. The van der Waals surface area contributed by atoms with Crippen molar-refractivity contribution in [2.45, 2.75) is 44.1 Å². The molecule has 0 aliphatic carbocycles. The van der Waals surface area contributed by atoms with Gasteiger partial charge in [-0.1, -0.05) is 0 Å². The molecule has 1 amide bonds. The number of nitrogens with two attached hydrogens (primary N) is 2. The molecule has 8 heteroatoms. The van der Waals surface area contributed by atoms with Crippen molar-refractivity contribution in [1.82, 2.24) is 5.32 Å². The molecular formula is C11H21N3O5. The summed E-state index contributed by atoms with van der Waals surface area (Å²) >= 11 is 0. The third kappa shape index (κ3) is 8.97. The van der Waals surface area contributed by atoms with Gasteiger partial charge in [0.1, 0.15) is 12.1 Å². The second kappa shape index (κ2) is 9.29. The molecule has 0 fully saturated rings. The predicted octanol–water partition coefficient (Wildman–Crippen LogP) is -1.12. The fourth-order valence-electron chi connectivity index (χ4n) is 1.04. The third-order valence-electron chi connectivity index (χ3n) is 2.09. The van der Waals surface area contributed by atoms with Crippen LogP contribution >= 0.6 is 0 Å². The summed E-state index contributed by atoms with van der Waals surface area (Å²) in [4.78, 5) is 33.2. The number of hydrogen-bond acceptors (Lipinski definition) is 5. The maximum absolute atomic E-state index is 11.8. The highest BCUT2D eigenvalue weighted by Crippen LogP contribution is 1.99. The Kier molecular flexibility index (Phi) is 4.96. The first-order valence-corrected chi connectivity index (χ1v) is 5.48. The topological polar surface area (TPSA) is 156 Å². The third-order valence-corrected chi connectivity index (χ3v) is 2.09. The van der Waals surface area contributed by atoms with Gasteiger partial charge in [0.15, 0.2) is 0 Å². The Hall–Kier alpha value is -1.67. The molecule has 19 heavy (non-hydrogen) atoms. The van der Waals surface area contributed by atoms with E-state index in [1.165, 1.54) is 0 Å². The molecule has 0 saturated carbocycles. The lowest BCUT2D eigenvalue weighted by atomic mass is 10.1. The zero-order valence-electron chi connectivity index (χ0n) is 15.2. The number of hydrogen-bond donors (Lipinski definition) is 5. The monoisotopic (exact) mass is 280 g/mol. The summed E-state index contributed by atoms with van der Waals surface area (Å²) in [5.74, 6) is -4.75. The van der Waals surface area contributed by atoms with Crippen LogP contribution in [-0.4, -0.2) is 46.7 Å². The summed E-state index contributed by atoms with van der Waals surface area (Å²) in [5.41, 5.74) is 10.3. The highest BCUT2D eigenvalue weighted by molar-refractivity contribution is 5.78. The van der Waals surface area contributed by atoms with Crippen LogP contribution in [0.25, 0.3) is 0 Å². The number of unbranched alkanes of at least 4 members (excludes halogenated alkanes) is 1. The largest absolute Gasteiger partial charge is 0.480 e. The molecule has 2 atom stereocenters. The fraction of sp³-hybridized carbons (Fsp3) is 0.727. The molecule has 0 bridgehead atoms. The molecule has 0 aromatic rings. The Labute approximate surface area is 118 Å². The summed E-state index contributed by atoms with van der Waals surface area (Å²) in [6.07, 6.45) is -6.19. The minimum Gasteiger partial charge on any atom is -0.480 e. The molecular weight excluding hydrogens is 254 g/mol. The molecule has 110 valence electrons. The first-order chi connectivity index (χ1) is 10.7. The summed E-state index contributed by atoms with van der Waals surface area (Å²) in [5, 5.41) is 19.4. The van der Waals surface area contributed by atoms with Crippen molar-refractivity contribution in [2.75, 3.05) is 6.54 Å².